The normalized spacial score (nSPS) is 17.1. The zero-order valence-electron chi connectivity index (χ0n) is 12.9. The van der Waals surface area contributed by atoms with Crippen LogP contribution in [0.1, 0.15) is 37.8 Å². The van der Waals surface area contributed by atoms with E-state index >= 15 is 0 Å². The first-order valence-electron chi connectivity index (χ1n) is 7.54. The summed E-state index contributed by atoms with van der Waals surface area (Å²) in [6.45, 7) is 6.21. The van der Waals surface area contributed by atoms with Gasteiger partial charge in [-0.15, -0.1) is 12.4 Å². The molecule has 1 heterocycles. The van der Waals surface area contributed by atoms with Crippen LogP contribution < -0.4 is 10.1 Å². The quantitative estimate of drug-likeness (QED) is 0.870. The van der Waals surface area contributed by atoms with E-state index in [9.17, 15) is 4.39 Å². The van der Waals surface area contributed by atoms with Crippen molar-refractivity contribution in [1.29, 1.82) is 0 Å². The van der Waals surface area contributed by atoms with E-state index in [2.05, 4.69) is 17.1 Å². The fourth-order valence-corrected chi connectivity index (χ4v) is 2.89. The third-order valence-electron chi connectivity index (χ3n) is 3.97. The molecule has 21 heavy (non-hydrogen) atoms. The zero-order valence-corrected chi connectivity index (χ0v) is 13.7. The van der Waals surface area contributed by atoms with Crippen LogP contribution in [0.4, 0.5) is 4.39 Å². The number of ether oxygens (including phenoxy) is 1. The van der Waals surface area contributed by atoms with E-state index in [1.54, 1.807) is 19.2 Å². The van der Waals surface area contributed by atoms with Crippen molar-refractivity contribution < 1.29 is 9.13 Å². The molecule has 1 aliphatic heterocycles. The van der Waals surface area contributed by atoms with E-state index in [-0.39, 0.29) is 24.3 Å². The van der Waals surface area contributed by atoms with Crippen LogP contribution in [0.5, 0.6) is 5.75 Å². The van der Waals surface area contributed by atoms with Crippen molar-refractivity contribution in [2.75, 3.05) is 33.3 Å². The number of unbranched alkanes of at least 4 members (excludes halogenated alkanes) is 1. The second-order valence-electron chi connectivity index (χ2n) is 5.33. The molecule has 1 saturated heterocycles. The second kappa shape index (κ2) is 9.23. The van der Waals surface area contributed by atoms with Crippen LogP contribution in [0.15, 0.2) is 18.2 Å². The van der Waals surface area contributed by atoms with Crippen molar-refractivity contribution in [3.8, 4) is 5.75 Å². The van der Waals surface area contributed by atoms with E-state index in [0.29, 0.717) is 0 Å². The van der Waals surface area contributed by atoms with Gasteiger partial charge in [0.25, 0.3) is 0 Å². The van der Waals surface area contributed by atoms with Crippen molar-refractivity contribution in [1.82, 2.24) is 10.2 Å². The summed E-state index contributed by atoms with van der Waals surface area (Å²) >= 11 is 0. The monoisotopic (exact) mass is 316 g/mol. The topological polar surface area (TPSA) is 24.5 Å². The summed E-state index contributed by atoms with van der Waals surface area (Å²) in [6.07, 6.45) is 3.35. The zero-order chi connectivity index (χ0) is 14.4. The van der Waals surface area contributed by atoms with Gasteiger partial charge in [0.05, 0.1) is 7.11 Å². The van der Waals surface area contributed by atoms with Gasteiger partial charge in [-0.1, -0.05) is 19.8 Å². The highest BCUT2D eigenvalue weighted by Crippen LogP contribution is 2.33. The average Bonchev–Trinajstić information content (AvgIpc) is 2.49. The Bertz CT molecular complexity index is 425. The van der Waals surface area contributed by atoms with Crippen LogP contribution in [0.3, 0.4) is 0 Å². The Morgan fingerprint density at radius 3 is 2.67 bits per heavy atom. The van der Waals surface area contributed by atoms with Crippen LogP contribution in [-0.4, -0.2) is 38.2 Å². The van der Waals surface area contributed by atoms with E-state index in [1.165, 1.54) is 6.07 Å². The summed E-state index contributed by atoms with van der Waals surface area (Å²) in [5.41, 5.74) is 0.989. The molecule has 0 radical (unpaired) electrons. The summed E-state index contributed by atoms with van der Waals surface area (Å²) in [4.78, 5) is 2.45. The Kier molecular flexibility index (Phi) is 8.01. The van der Waals surface area contributed by atoms with Crippen LogP contribution in [0, 0.1) is 5.82 Å². The minimum Gasteiger partial charge on any atom is -0.496 e. The molecular weight excluding hydrogens is 291 g/mol. The van der Waals surface area contributed by atoms with Crippen molar-refractivity contribution in [3.63, 3.8) is 0 Å². The number of piperazine rings is 1. The van der Waals surface area contributed by atoms with Gasteiger partial charge in [-0.05, 0) is 24.6 Å². The molecule has 0 aromatic heterocycles. The highest BCUT2D eigenvalue weighted by molar-refractivity contribution is 5.85. The predicted molar refractivity (Wildman–Crippen MR) is 86.9 cm³/mol. The number of rotatable bonds is 6. The third kappa shape index (κ3) is 4.83. The van der Waals surface area contributed by atoms with E-state index < -0.39 is 0 Å². The number of methoxy groups -OCH3 is 1. The van der Waals surface area contributed by atoms with Crippen LogP contribution in [0.25, 0.3) is 0 Å². The minimum absolute atomic E-state index is 0. The number of hydrogen-bond donors (Lipinski definition) is 1. The minimum atomic E-state index is -0.183. The molecule has 0 saturated carbocycles. The Morgan fingerprint density at radius 1 is 1.33 bits per heavy atom. The van der Waals surface area contributed by atoms with Gasteiger partial charge in [0, 0.05) is 37.8 Å². The molecule has 120 valence electrons. The fraction of sp³-hybridized carbons (Fsp3) is 0.625. The molecule has 0 aliphatic carbocycles. The number of halogens is 2. The van der Waals surface area contributed by atoms with E-state index in [0.717, 1.165) is 56.8 Å². The molecule has 5 heteroatoms. The highest BCUT2D eigenvalue weighted by atomic mass is 35.5. The maximum Gasteiger partial charge on any atom is 0.123 e. The fourth-order valence-electron chi connectivity index (χ4n) is 2.89. The van der Waals surface area contributed by atoms with E-state index in [1.807, 2.05) is 0 Å². The molecule has 1 fully saturated rings. The van der Waals surface area contributed by atoms with Crippen LogP contribution in [0.2, 0.25) is 0 Å². The summed E-state index contributed by atoms with van der Waals surface area (Å²) in [7, 11) is 1.66. The number of hydrogen-bond acceptors (Lipinski definition) is 3. The molecule has 3 nitrogen and oxygen atoms in total. The molecule has 1 aliphatic rings. The lowest BCUT2D eigenvalue weighted by Gasteiger charge is -2.36. The molecule has 0 bridgehead atoms. The SMILES string of the molecule is CCCC[C@@H](c1cc(F)ccc1OC)N1CCNCC1.Cl. The largest absolute Gasteiger partial charge is 0.496 e. The molecule has 0 amide bonds. The molecule has 1 aromatic carbocycles. The van der Waals surface area contributed by atoms with Gasteiger partial charge in [0.15, 0.2) is 0 Å². The lowest BCUT2D eigenvalue weighted by atomic mass is 9.97. The summed E-state index contributed by atoms with van der Waals surface area (Å²) in [6, 6.07) is 5.10. The van der Waals surface area contributed by atoms with Gasteiger partial charge in [-0.2, -0.15) is 0 Å². The summed E-state index contributed by atoms with van der Waals surface area (Å²) in [5.74, 6) is 0.614. The van der Waals surface area contributed by atoms with Crippen LogP contribution >= 0.6 is 12.4 Å². The first-order chi connectivity index (χ1) is 9.76. The third-order valence-corrected chi connectivity index (χ3v) is 3.97. The Labute approximate surface area is 133 Å². The average molecular weight is 317 g/mol. The maximum atomic E-state index is 13.6. The maximum absolute atomic E-state index is 13.6. The van der Waals surface area contributed by atoms with Gasteiger partial charge in [-0.25, -0.2) is 4.39 Å². The Morgan fingerprint density at radius 2 is 2.05 bits per heavy atom. The van der Waals surface area contributed by atoms with Crippen molar-refractivity contribution in [2.45, 2.75) is 32.2 Å². The number of nitrogens with zero attached hydrogens (tertiary/aromatic N) is 1. The van der Waals surface area contributed by atoms with Crippen molar-refractivity contribution in [2.24, 2.45) is 0 Å². The molecule has 0 spiro atoms. The van der Waals surface area contributed by atoms with Crippen molar-refractivity contribution in [3.05, 3.63) is 29.6 Å². The highest BCUT2D eigenvalue weighted by Gasteiger charge is 2.24. The standard InChI is InChI=1S/C16H25FN2O.ClH/c1-3-4-5-15(19-10-8-18-9-11-19)14-12-13(17)6-7-16(14)20-2;/h6-7,12,15,18H,3-5,8-11H2,1-2H3;1H/t15-;/m0./s1. The Hall–Kier alpha value is -0.840. The second-order valence-corrected chi connectivity index (χ2v) is 5.33. The van der Waals surface area contributed by atoms with Gasteiger partial charge in [0.2, 0.25) is 0 Å². The number of benzene rings is 1. The van der Waals surface area contributed by atoms with Gasteiger partial charge < -0.3 is 10.1 Å². The lowest BCUT2D eigenvalue weighted by Crippen LogP contribution is -2.45. The van der Waals surface area contributed by atoms with Crippen molar-refractivity contribution >= 4 is 12.4 Å². The van der Waals surface area contributed by atoms with Gasteiger partial charge in [-0.3, -0.25) is 4.90 Å². The summed E-state index contributed by atoms with van der Waals surface area (Å²) in [5, 5.41) is 3.37. The summed E-state index contributed by atoms with van der Waals surface area (Å²) < 4.78 is 19.1. The van der Waals surface area contributed by atoms with Crippen LogP contribution in [-0.2, 0) is 0 Å². The van der Waals surface area contributed by atoms with Gasteiger partial charge in [0.1, 0.15) is 11.6 Å². The predicted octanol–water partition coefficient (Wildman–Crippen LogP) is 3.39. The molecule has 1 aromatic rings. The Balaban J connectivity index is 0.00000220. The molecule has 1 N–H and O–H groups in total. The van der Waals surface area contributed by atoms with E-state index in [4.69, 9.17) is 4.74 Å². The first-order valence-corrected chi connectivity index (χ1v) is 7.54. The first kappa shape index (κ1) is 18.2. The lowest BCUT2D eigenvalue weighted by molar-refractivity contribution is 0.160. The number of nitrogens with one attached hydrogen (secondary N) is 1. The van der Waals surface area contributed by atoms with Gasteiger partial charge >= 0.3 is 0 Å². The molecule has 0 unspecified atom stereocenters. The smallest absolute Gasteiger partial charge is 0.123 e. The molecule has 2 rings (SSSR count). The molecular formula is C16H26ClFN2O. The molecule has 1 atom stereocenters.